The van der Waals surface area contributed by atoms with Crippen LogP contribution in [0.2, 0.25) is 0 Å². The first-order chi connectivity index (χ1) is 16.3. The Hall–Kier alpha value is -2.06. The summed E-state index contributed by atoms with van der Waals surface area (Å²) < 4.78 is 16.1. The van der Waals surface area contributed by atoms with E-state index in [4.69, 9.17) is 4.98 Å². The number of nitrogens with zero attached hydrogens (tertiary/aromatic N) is 4. The van der Waals surface area contributed by atoms with E-state index in [2.05, 4.69) is 16.4 Å². The monoisotopic (exact) mass is 486 g/mol. The van der Waals surface area contributed by atoms with Crippen LogP contribution in [0.1, 0.15) is 86.4 Å². The van der Waals surface area contributed by atoms with Crippen LogP contribution in [0.5, 0.6) is 0 Å². The number of fused-ring (bicyclic) bond motifs is 3. The van der Waals surface area contributed by atoms with Crippen LogP contribution in [-0.2, 0) is 22.6 Å². The molecule has 8 heteroatoms. The number of amides is 1. The van der Waals surface area contributed by atoms with E-state index in [0.29, 0.717) is 31.1 Å². The number of hydrogen-bond donors (Lipinski definition) is 0. The quantitative estimate of drug-likeness (QED) is 0.573. The molecule has 2 aromatic heterocycles. The molecule has 0 spiro atoms. The summed E-state index contributed by atoms with van der Waals surface area (Å²) in [5.41, 5.74) is 2.40. The molecule has 2 fully saturated rings. The summed E-state index contributed by atoms with van der Waals surface area (Å²) in [6, 6.07) is 4.94. The van der Waals surface area contributed by atoms with E-state index in [0.717, 1.165) is 55.2 Å². The van der Waals surface area contributed by atoms with E-state index in [1.165, 1.54) is 35.9 Å². The fraction of sp³-hybridized carbons (Fsp3) is 0.654. The number of rotatable bonds is 7. The van der Waals surface area contributed by atoms with Crippen molar-refractivity contribution in [3.8, 4) is 0 Å². The van der Waals surface area contributed by atoms with Crippen LogP contribution < -0.4 is 0 Å². The molecule has 2 bridgehead atoms. The normalized spacial score (nSPS) is 25.4. The zero-order valence-electron chi connectivity index (χ0n) is 20.4. The highest BCUT2D eigenvalue weighted by Crippen LogP contribution is 2.43. The number of imidazole rings is 1. The van der Waals surface area contributed by atoms with Crippen molar-refractivity contribution in [1.82, 2.24) is 19.4 Å². The first-order valence-electron chi connectivity index (χ1n) is 12.6. The molecule has 2 aromatic rings. The fourth-order valence-corrected chi connectivity index (χ4v) is 7.52. The number of hydrogen-bond acceptors (Lipinski definition) is 5. The van der Waals surface area contributed by atoms with E-state index in [9.17, 15) is 14.0 Å². The maximum atomic E-state index is 13.6. The summed E-state index contributed by atoms with van der Waals surface area (Å²) >= 11 is 1.18. The first-order valence-corrected chi connectivity index (χ1v) is 13.4. The Morgan fingerprint density at radius 2 is 1.91 bits per heavy atom. The number of thiophene rings is 1. The number of aromatic nitrogens is 2. The van der Waals surface area contributed by atoms with Crippen molar-refractivity contribution in [1.29, 1.82) is 0 Å². The largest absolute Gasteiger partial charge is 0.337 e. The number of carbonyl (C=O) groups is 2. The van der Waals surface area contributed by atoms with E-state index >= 15 is 0 Å². The SMILES string of the molecule is CC(=O)C[C@@H](CCN1C2CCC1CC(n1c(C)nc3c1CCN(C(C)=O)C3)C2)c1ccc(F)s1. The van der Waals surface area contributed by atoms with Crippen LogP contribution in [0.25, 0.3) is 0 Å². The highest BCUT2D eigenvalue weighted by molar-refractivity contribution is 7.10. The minimum absolute atomic E-state index is 0.108. The average molecular weight is 487 g/mol. The molecule has 5 rings (SSSR count). The molecular weight excluding hydrogens is 451 g/mol. The number of halogens is 1. The standard InChI is InChI=1S/C26H35FN4O2S/c1-16(32)12-19(25-6-7-26(27)34-25)8-11-30-20-4-5-21(30)14-22(13-20)31-17(2)28-23-15-29(18(3)33)10-9-24(23)31/h6-7,19-22H,4-5,8-15H2,1-3H3/t19-,20?,21?,22?/m1/s1. The van der Waals surface area contributed by atoms with Crippen LogP contribution in [0.3, 0.4) is 0 Å². The van der Waals surface area contributed by atoms with Crippen molar-refractivity contribution in [2.45, 2.75) is 96.3 Å². The molecule has 184 valence electrons. The van der Waals surface area contributed by atoms with Gasteiger partial charge in [-0.05, 0) is 64.6 Å². The van der Waals surface area contributed by atoms with E-state index in [1.807, 2.05) is 11.0 Å². The summed E-state index contributed by atoms with van der Waals surface area (Å²) in [6.07, 6.45) is 6.97. The average Bonchev–Trinajstić information content (AvgIpc) is 3.42. The summed E-state index contributed by atoms with van der Waals surface area (Å²) in [6.45, 7) is 7.75. The van der Waals surface area contributed by atoms with Crippen LogP contribution in [0.4, 0.5) is 4.39 Å². The van der Waals surface area contributed by atoms with Crippen molar-refractivity contribution in [2.75, 3.05) is 13.1 Å². The van der Waals surface area contributed by atoms with Gasteiger partial charge in [0.25, 0.3) is 0 Å². The van der Waals surface area contributed by atoms with Crippen LogP contribution >= 0.6 is 11.3 Å². The second-order valence-electron chi connectivity index (χ2n) is 10.4. The van der Waals surface area contributed by atoms with Crippen molar-refractivity contribution in [2.24, 2.45) is 0 Å². The molecule has 3 aliphatic heterocycles. The van der Waals surface area contributed by atoms with Crippen molar-refractivity contribution in [3.05, 3.63) is 39.4 Å². The lowest BCUT2D eigenvalue weighted by Crippen LogP contribution is -2.44. The van der Waals surface area contributed by atoms with Crippen molar-refractivity contribution >= 4 is 23.0 Å². The highest BCUT2D eigenvalue weighted by Gasteiger charge is 2.42. The summed E-state index contributed by atoms with van der Waals surface area (Å²) in [7, 11) is 0. The molecular formula is C26H35FN4O2S. The summed E-state index contributed by atoms with van der Waals surface area (Å²) in [4.78, 5) is 34.1. The van der Waals surface area contributed by atoms with Gasteiger partial charge < -0.3 is 14.3 Å². The molecule has 6 nitrogen and oxygen atoms in total. The topological polar surface area (TPSA) is 58.4 Å². The van der Waals surface area contributed by atoms with Gasteiger partial charge >= 0.3 is 0 Å². The Bertz CT molecular complexity index is 1070. The second-order valence-corrected chi connectivity index (χ2v) is 11.5. The Balaban J connectivity index is 1.27. The number of ketones is 1. The highest BCUT2D eigenvalue weighted by atomic mass is 32.1. The van der Waals surface area contributed by atoms with Gasteiger partial charge in [0.1, 0.15) is 11.6 Å². The van der Waals surface area contributed by atoms with Gasteiger partial charge in [-0.25, -0.2) is 4.98 Å². The predicted octanol–water partition coefficient (Wildman–Crippen LogP) is 4.62. The third-order valence-corrected chi connectivity index (χ3v) is 9.20. The molecule has 0 N–H and O–H groups in total. The second kappa shape index (κ2) is 9.53. The van der Waals surface area contributed by atoms with Gasteiger partial charge in [0.15, 0.2) is 5.13 Å². The zero-order chi connectivity index (χ0) is 24.0. The molecule has 3 atom stereocenters. The third kappa shape index (κ3) is 4.59. The van der Waals surface area contributed by atoms with E-state index in [1.54, 1.807) is 13.8 Å². The van der Waals surface area contributed by atoms with Gasteiger partial charge in [0, 0.05) is 60.9 Å². The van der Waals surface area contributed by atoms with Crippen molar-refractivity contribution in [3.63, 3.8) is 0 Å². The minimum atomic E-state index is -0.171. The summed E-state index contributed by atoms with van der Waals surface area (Å²) in [5.74, 6) is 1.48. The lowest BCUT2D eigenvalue weighted by Gasteiger charge is -2.41. The molecule has 5 heterocycles. The third-order valence-electron chi connectivity index (χ3n) is 8.16. The molecule has 2 saturated heterocycles. The zero-order valence-corrected chi connectivity index (χ0v) is 21.2. The van der Waals surface area contributed by atoms with Gasteiger partial charge in [-0.3, -0.25) is 9.69 Å². The van der Waals surface area contributed by atoms with E-state index in [-0.39, 0.29) is 22.7 Å². The van der Waals surface area contributed by atoms with Crippen LogP contribution in [-0.4, -0.2) is 56.2 Å². The van der Waals surface area contributed by atoms with E-state index < -0.39 is 0 Å². The predicted molar refractivity (Wildman–Crippen MR) is 130 cm³/mol. The molecule has 2 unspecified atom stereocenters. The van der Waals surface area contributed by atoms with Gasteiger partial charge in [-0.15, -0.1) is 11.3 Å². The molecule has 0 aliphatic carbocycles. The number of carbonyl (C=O) groups excluding carboxylic acids is 2. The lowest BCUT2D eigenvalue weighted by atomic mass is 9.93. The fourth-order valence-electron chi connectivity index (χ4n) is 6.66. The van der Waals surface area contributed by atoms with Gasteiger partial charge in [-0.1, -0.05) is 0 Å². The lowest BCUT2D eigenvalue weighted by molar-refractivity contribution is -0.129. The Kier molecular flexibility index (Phi) is 6.64. The number of piperidine rings is 1. The number of aryl methyl sites for hydroxylation is 1. The molecule has 0 radical (unpaired) electrons. The Morgan fingerprint density at radius 1 is 1.18 bits per heavy atom. The Morgan fingerprint density at radius 3 is 2.53 bits per heavy atom. The molecule has 0 aromatic carbocycles. The van der Waals surface area contributed by atoms with Gasteiger partial charge in [0.2, 0.25) is 5.91 Å². The van der Waals surface area contributed by atoms with Gasteiger partial charge in [-0.2, -0.15) is 4.39 Å². The maximum Gasteiger partial charge on any atom is 0.219 e. The molecule has 0 saturated carbocycles. The van der Waals surface area contributed by atoms with Crippen LogP contribution in [0.15, 0.2) is 12.1 Å². The first kappa shape index (κ1) is 23.7. The van der Waals surface area contributed by atoms with Crippen molar-refractivity contribution < 1.29 is 14.0 Å². The number of Topliss-reactive ketones (excluding diaryl/α,β-unsaturated/α-hetero) is 1. The summed E-state index contributed by atoms with van der Waals surface area (Å²) in [5, 5.41) is -0.171. The molecule has 34 heavy (non-hydrogen) atoms. The smallest absolute Gasteiger partial charge is 0.219 e. The maximum absolute atomic E-state index is 13.6. The Labute approximate surface area is 205 Å². The molecule has 3 aliphatic rings. The minimum Gasteiger partial charge on any atom is -0.337 e. The molecule has 1 amide bonds. The van der Waals surface area contributed by atoms with Crippen LogP contribution in [0, 0.1) is 12.1 Å². The van der Waals surface area contributed by atoms with Gasteiger partial charge in [0.05, 0.1) is 12.2 Å².